The first-order chi connectivity index (χ1) is 14.4. The highest BCUT2D eigenvalue weighted by molar-refractivity contribution is 8.18. The number of amides is 2. The number of nitrogens with zero attached hydrogens (tertiary/aromatic N) is 2. The molecule has 0 saturated carbocycles. The molecule has 156 valence electrons. The van der Waals surface area contributed by atoms with Gasteiger partial charge >= 0.3 is 0 Å². The van der Waals surface area contributed by atoms with Crippen molar-refractivity contribution in [2.24, 2.45) is 0 Å². The highest BCUT2D eigenvalue weighted by atomic mass is 32.2. The highest BCUT2D eigenvalue weighted by Gasteiger charge is 2.35. The number of carbonyl (C=O) groups excluding carboxylic acids is 2. The summed E-state index contributed by atoms with van der Waals surface area (Å²) in [7, 11) is 0. The van der Waals surface area contributed by atoms with E-state index < -0.39 is 10.8 Å². The molecule has 0 spiro atoms. The van der Waals surface area contributed by atoms with Crippen LogP contribution in [0.1, 0.15) is 25.0 Å². The molecular formula is C21H20N2O6S. The summed E-state index contributed by atoms with van der Waals surface area (Å²) >= 11 is 0.856. The van der Waals surface area contributed by atoms with Gasteiger partial charge in [-0.2, -0.15) is 0 Å². The Hall–Kier alpha value is -3.33. The first-order valence-electron chi connectivity index (χ1n) is 9.31. The summed E-state index contributed by atoms with van der Waals surface area (Å²) < 4.78 is 11.1. The summed E-state index contributed by atoms with van der Waals surface area (Å²) in [5.41, 5.74) is 1.29. The Morgan fingerprint density at radius 1 is 1.03 bits per heavy atom. The second-order valence-electron chi connectivity index (χ2n) is 6.26. The second-order valence-corrected chi connectivity index (χ2v) is 7.26. The number of nitro groups is 1. The topological polar surface area (TPSA) is 99.0 Å². The first-order valence-corrected chi connectivity index (χ1v) is 10.1. The van der Waals surface area contributed by atoms with Crippen molar-refractivity contribution >= 4 is 34.7 Å². The molecule has 3 rings (SSSR count). The number of benzene rings is 2. The number of non-ortho nitro benzene ring substituents is 1. The third kappa shape index (κ3) is 4.80. The number of imide groups is 1. The summed E-state index contributed by atoms with van der Waals surface area (Å²) in [5.74, 6) is 0.774. The molecule has 0 bridgehead atoms. The van der Waals surface area contributed by atoms with Gasteiger partial charge in [-0.3, -0.25) is 24.6 Å². The molecule has 1 aliphatic rings. The lowest BCUT2D eigenvalue weighted by Gasteiger charge is -2.12. The summed E-state index contributed by atoms with van der Waals surface area (Å²) in [6.45, 7) is 4.76. The molecule has 0 atom stereocenters. The predicted molar refractivity (Wildman–Crippen MR) is 113 cm³/mol. The molecule has 0 unspecified atom stereocenters. The standard InChI is InChI=1S/C21H20N2O6S/c1-3-28-17-10-7-15(11-18(17)29-4-2)12-19-20(24)22(21(25)30-19)13-14-5-8-16(9-6-14)23(26)27/h5-12H,3-4,13H2,1-2H3/b19-12+. The number of hydrogen-bond donors (Lipinski definition) is 0. The van der Waals surface area contributed by atoms with E-state index >= 15 is 0 Å². The number of hydrogen-bond acceptors (Lipinski definition) is 7. The molecule has 0 N–H and O–H groups in total. The van der Waals surface area contributed by atoms with E-state index in [1.807, 2.05) is 13.8 Å². The van der Waals surface area contributed by atoms with Crippen molar-refractivity contribution in [3.63, 3.8) is 0 Å². The van der Waals surface area contributed by atoms with E-state index in [0.717, 1.165) is 16.7 Å². The molecular weight excluding hydrogens is 408 g/mol. The minimum absolute atomic E-state index is 0.0478. The fourth-order valence-corrected chi connectivity index (χ4v) is 3.69. The van der Waals surface area contributed by atoms with E-state index in [9.17, 15) is 19.7 Å². The lowest BCUT2D eigenvalue weighted by atomic mass is 10.1. The minimum Gasteiger partial charge on any atom is -0.490 e. The molecule has 30 heavy (non-hydrogen) atoms. The Morgan fingerprint density at radius 2 is 1.70 bits per heavy atom. The van der Waals surface area contributed by atoms with Crippen molar-refractivity contribution in [2.75, 3.05) is 13.2 Å². The van der Waals surface area contributed by atoms with Gasteiger partial charge in [-0.05, 0) is 54.9 Å². The largest absolute Gasteiger partial charge is 0.490 e. The quantitative estimate of drug-likeness (QED) is 0.343. The van der Waals surface area contributed by atoms with Crippen LogP contribution in [0.5, 0.6) is 11.5 Å². The van der Waals surface area contributed by atoms with Gasteiger partial charge in [-0.1, -0.05) is 18.2 Å². The molecule has 1 saturated heterocycles. The van der Waals surface area contributed by atoms with Crippen LogP contribution in [0.2, 0.25) is 0 Å². The Morgan fingerprint density at radius 3 is 2.33 bits per heavy atom. The molecule has 9 heteroatoms. The van der Waals surface area contributed by atoms with Gasteiger partial charge in [0.15, 0.2) is 11.5 Å². The maximum Gasteiger partial charge on any atom is 0.293 e. The van der Waals surface area contributed by atoms with Crippen LogP contribution in [-0.4, -0.2) is 34.2 Å². The zero-order valence-electron chi connectivity index (χ0n) is 16.5. The van der Waals surface area contributed by atoms with Crippen molar-refractivity contribution < 1.29 is 24.0 Å². The van der Waals surface area contributed by atoms with Gasteiger partial charge in [0.1, 0.15) is 0 Å². The third-order valence-corrected chi connectivity index (χ3v) is 5.13. The monoisotopic (exact) mass is 428 g/mol. The number of thioether (sulfide) groups is 1. The van der Waals surface area contributed by atoms with Crippen LogP contribution in [0.25, 0.3) is 6.08 Å². The maximum absolute atomic E-state index is 12.7. The van der Waals surface area contributed by atoms with E-state index in [2.05, 4.69) is 0 Å². The van der Waals surface area contributed by atoms with E-state index in [4.69, 9.17) is 9.47 Å². The van der Waals surface area contributed by atoms with Crippen LogP contribution in [0.15, 0.2) is 47.4 Å². The zero-order chi connectivity index (χ0) is 21.7. The number of ether oxygens (including phenoxy) is 2. The second kappa shape index (κ2) is 9.45. The third-order valence-electron chi connectivity index (χ3n) is 4.23. The van der Waals surface area contributed by atoms with Crippen molar-refractivity contribution in [3.8, 4) is 11.5 Å². The fourth-order valence-electron chi connectivity index (χ4n) is 2.85. The lowest BCUT2D eigenvalue weighted by molar-refractivity contribution is -0.384. The number of rotatable bonds is 8. The Labute approximate surface area is 177 Å². The fraction of sp³-hybridized carbons (Fsp3) is 0.238. The summed E-state index contributed by atoms with van der Waals surface area (Å²) in [6, 6.07) is 11.1. The molecule has 8 nitrogen and oxygen atoms in total. The SMILES string of the molecule is CCOc1ccc(/C=C2/SC(=O)N(Cc3ccc([N+](=O)[O-])cc3)C2=O)cc1OCC. The van der Waals surface area contributed by atoms with E-state index in [0.29, 0.717) is 40.7 Å². The lowest BCUT2D eigenvalue weighted by Crippen LogP contribution is -2.27. The van der Waals surface area contributed by atoms with E-state index in [-0.39, 0.29) is 17.5 Å². The first kappa shape index (κ1) is 21.4. The molecule has 2 aromatic carbocycles. The summed E-state index contributed by atoms with van der Waals surface area (Å²) in [6.07, 6.45) is 1.64. The highest BCUT2D eigenvalue weighted by Crippen LogP contribution is 2.35. The molecule has 2 aromatic rings. The van der Waals surface area contributed by atoms with Crippen LogP contribution in [-0.2, 0) is 11.3 Å². The van der Waals surface area contributed by atoms with Gasteiger partial charge in [-0.15, -0.1) is 0 Å². The van der Waals surface area contributed by atoms with Crippen molar-refractivity contribution in [1.29, 1.82) is 0 Å². The molecule has 0 aromatic heterocycles. The smallest absolute Gasteiger partial charge is 0.293 e. The van der Waals surface area contributed by atoms with Crippen molar-refractivity contribution in [3.05, 3.63) is 68.6 Å². The van der Waals surface area contributed by atoms with Crippen LogP contribution < -0.4 is 9.47 Å². The van der Waals surface area contributed by atoms with Crippen LogP contribution >= 0.6 is 11.8 Å². The molecule has 0 aliphatic carbocycles. The molecule has 1 fully saturated rings. The summed E-state index contributed by atoms with van der Waals surface area (Å²) in [4.78, 5) is 36.8. The van der Waals surface area contributed by atoms with Gasteiger partial charge in [0.2, 0.25) is 0 Å². The Balaban J connectivity index is 1.79. The predicted octanol–water partition coefficient (Wildman–Crippen LogP) is 4.63. The Bertz CT molecular complexity index is 1000. The van der Waals surface area contributed by atoms with Crippen LogP contribution in [0.3, 0.4) is 0 Å². The number of nitro benzene ring substituents is 1. The van der Waals surface area contributed by atoms with Gasteiger partial charge in [0.25, 0.3) is 16.8 Å². The maximum atomic E-state index is 12.7. The average Bonchev–Trinajstić information content (AvgIpc) is 2.98. The van der Waals surface area contributed by atoms with E-state index in [1.165, 1.54) is 24.3 Å². The molecule has 0 radical (unpaired) electrons. The molecule has 1 heterocycles. The Kier molecular flexibility index (Phi) is 6.73. The van der Waals surface area contributed by atoms with Crippen LogP contribution in [0.4, 0.5) is 10.5 Å². The normalized spacial score (nSPS) is 15.0. The van der Waals surface area contributed by atoms with Gasteiger partial charge in [0.05, 0.1) is 29.6 Å². The minimum atomic E-state index is -0.500. The summed E-state index contributed by atoms with van der Waals surface area (Å²) in [5, 5.41) is 10.4. The average molecular weight is 428 g/mol. The number of carbonyl (C=O) groups is 2. The van der Waals surface area contributed by atoms with Crippen LogP contribution in [0, 0.1) is 10.1 Å². The van der Waals surface area contributed by atoms with E-state index in [1.54, 1.807) is 24.3 Å². The van der Waals surface area contributed by atoms with Gasteiger partial charge in [-0.25, -0.2) is 0 Å². The van der Waals surface area contributed by atoms with Gasteiger partial charge in [0, 0.05) is 12.1 Å². The molecule has 1 aliphatic heterocycles. The van der Waals surface area contributed by atoms with Crippen molar-refractivity contribution in [2.45, 2.75) is 20.4 Å². The van der Waals surface area contributed by atoms with Gasteiger partial charge < -0.3 is 9.47 Å². The molecule has 2 amide bonds. The van der Waals surface area contributed by atoms with Crippen molar-refractivity contribution in [1.82, 2.24) is 4.90 Å². The zero-order valence-corrected chi connectivity index (χ0v) is 17.3.